The third-order valence-corrected chi connectivity index (χ3v) is 4.66. The Morgan fingerprint density at radius 1 is 1.16 bits per heavy atom. The Morgan fingerprint density at radius 3 is 2.64 bits per heavy atom. The minimum Gasteiger partial charge on any atom is -0.339 e. The Morgan fingerprint density at radius 2 is 1.92 bits per heavy atom. The van der Waals surface area contributed by atoms with Gasteiger partial charge < -0.3 is 4.52 Å². The number of aromatic nitrogens is 4. The van der Waals surface area contributed by atoms with E-state index in [4.69, 9.17) is 4.52 Å². The Balaban J connectivity index is 1.89. The van der Waals surface area contributed by atoms with Gasteiger partial charge in [0.1, 0.15) is 0 Å². The Labute approximate surface area is 150 Å². The zero-order valence-electron chi connectivity index (χ0n) is 14.9. The van der Waals surface area contributed by atoms with Crippen molar-refractivity contribution >= 4 is 22.7 Å². The monoisotopic (exact) mass is 358 g/mol. The summed E-state index contributed by atoms with van der Waals surface area (Å²) in [6.07, 6.45) is 0.766. The predicted octanol–water partition coefficient (Wildman–Crippen LogP) is 3.85. The summed E-state index contributed by atoms with van der Waals surface area (Å²) in [4.78, 5) is 21.9. The average molecular weight is 358 g/mol. The molecule has 2 heterocycles. The normalized spacial score (nSPS) is 11.8. The molecule has 0 saturated heterocycles. The number of fused-ring (bicyclic) bond motifs is 1. The summed E-state index contributed by atoms with van der Waals surface area (Å²) in [5.41, 5.74) is 0.692. The molecular formula is C18H22N4O2S. The van der Waals surface area contributed by atoms with Crippen LogP contribution < -0.4 is 5.56 Å². The van der Waals surface area contributed by atoms with E-state index in [9.17, 15) is 4.79 Å². The molecule has 3 rings (SSSR count). The van der Waals surface area contributed by atoms with Crippen LogP contribution in [0.4, 0.5) is 0 Å². The summed E-state index contributed by atoms with van der Waals surface area (Å²) < 4.78 is 7.00. The molecule has 0 amide bonds. The summed E-state index contributed by atoms with van der Waals surface area (Å²) >= 11 is 1.46. The van der Waals surface area contributed by atoms with Crippen LogP contribution in [0, 0.1) is 5.92 Å². The molecule has 0 saturated carbocycles. The van der Waals surface area contributed by atoms with Gasteiger partial charge in [-0.25, -0.2) is 4.98 Å². The van der Waals surface area contributed by atoms with Gasteiger partial charge in [-0.3, -0.25) is 9.36 Å². The minimum absolute atomic E-state index is 0.0169. The predicted molar refractivity (Wildman–Crippen MR) is 98.8 cm³/mol. The van der Waals surface area contributed by atoms with Crippen LogP contribution in [0.15, 0.2) is 38.7 Å². The highest BCUT2D eigenvalue weighted by atomic mass is 32.2. The van der Waals surface area contributed by atoms with E-state index in [1.54, 1.807) is 4.57 Å². The van der Waals surface area contributed by atoms with Gasteiger partial charge in [0.15, 0.2) is 11.0 Å². The largest absolute Gasteiger partial charge is 0.339 e. The third kappa shape index (κ3) is 3.92. The molecular weight excluding hydrogens is 336 g/mol. The maximum atomic E-state index is 12.8. The molecule has 0 aliphatic rings. The number of thioether (sulfide) groups is 1. The zero-order valence-corrected chi connectivity index (χ0v) is 15.7. The van der Waals surface area contributed by atoms with Gasteiger partial charge in [0.2, 0.25) is 5.89 Å². The smallest absolute Gasteiger partial charge is 0.262 e. The quantitative estimate of drug-likeness (QED) is 0.492. The molecule has 0 aliphatic carbocycles. The molecule has 25 heavy (non-hydrogen) atoms. The van der Waals surface area contributed by atoms with Crippen molar-refractivity contribution in [3.8, 4) is 0 Å². The third-order valence-electron chi connectivity index (χ3n) is 3.72. The second-order valence-corrected chi connectivity index (χ2v) is 7.61. The van der Waals surface area contributed by atoms with Crippen molar-refractivity contribution in [2.45, 2.75) is 51.1 Å². The lowest BCUT2D eigenvalue weighted by molar-refractivity contribution is 0.360. The molecule has 2 aromatic heterocycles. The first-order valence-corrected chi connectivity index (χ1v) is 9.39. The zero-order chi connectivity index (χ0) is 18.0. The maximum Gasteiger partial charge on any atom is 0.262 e. The molecule has 1 aromatic carbocycles. The van der Waals surface area contributed by atoms with Crippen LogP contribution in [-0.2, 0) is 12.2 Å². The lowest BCUT2D eigenvalue weighted by atomic mass is 10.1. The molecule has 0 fully saturated rings. The number of benzene rings is 1. The maximum absolute atomic E-state index is 12.8. The molecule has 0 bridgehead atoms. The van der Waals surface area contributed by atoms with E-state index in [-0.39, 0.29) is 11.6 Å². The molecule has 0 radical (unpaired) electrons. The van der Waals surface area contributed by atoms with Gasteiger partial charge in [0, 0.05) is 12.5 Å². The van der Waals surface area contributed by atoms with Gasteiger partial charge in [-0.2, -0.15) is 4.98 Å². The summed E-state index contributed by atoms with van der Waals surface area (Å²) in [7, 11) is 0. The highest BCUT2D eigenvalue weighted by Gasteiger charge is 2.15. The summed E-state index contributed by atoms with van der Waals surface area (Å²) in [6, 6.07) is 7.45. The topological polar surface area (TPSA) is 73.8 Å². The van der Waals surface area contributed by atoms with Crippen LogP contribution in [0.1, 0.15) is 45.5 Å². The number of hydrogen-bond acceptors (Lipinski definition) is 6. The minimum atomic E-state index is -0.0169. The molecule has 132 valence electrons. The van der Waals surface area contributed by atoms with Gasteiger partial charge in [0.25, 0.3) is 5.56 Å². The average Bonchev–Trinajstić information content (AvgIpc) is 2.99. The number of para-hydroxylation sites is 1. The summed E-state index contributed by atoms with van der Waals surface area (Å²) in [5, 5.41) is 5.33. The number of nitrogens with zero attached hydrogens (tertiary/aromatic N) is 4. The van der Waals surface area contributed by atoms with Crippen LogP contribution in [-0.4, -0.2) is 19.7 Å². The first kappa shape index (κ1) is 17.7. The van der Waals surface area contributed by atoms with E-state index in [2.05, 4.69) is 29.0 Å². The fourth-order valence-electron chi connectivity index (χ4n) is 2.59. The van der Waals surface area contributed by atoms with Gasteiger partial charge in [-0.05, 0) is 31.9 Å². The van der Waals surface area contributed by atoms with Crippen molar-refractivity contribution < 1.29 is 4.52 Å². The molecule has 6 nitrogen and oxygen atoms in total. The lowest BCUT2D eigenvalue weighted by Crippen LogP contribution is -2.25. The van der Waals surface area contributed by atoms with E-state index in [0.717, 1.165) is 6.42 Å². The molecule has 7 heteroatoms. The highest BCUT2D eigenvalue weighted by molar-refractivity contribution is 7.98. The Bertz CT molecular complexity index is 930. The number of rotatable bonds is 6. The molecule has 0 spiro atoms. The van der Waals surface area contributed by atoms with E-state index in [1.165, 1.54) is 11.8 Å². The lowest BCUT2D eigenvalue weighted by Gasteiger charge is -2.15. The van der Waals surface area contributed by atoms with Crippen LogP contribution in [0.2, 0.25) is 0 Å². The highest BCUT2D eigenvalue weighted by Crippen LogP contribution is 2.23. The standard InChI is InChI=1S/C18H22N4O2S/c1-11(2)9-16-20-15(21-24-16)10-25-18-19-14-8-6-5-7-13(14)17(23)22(18)12(3)4/h5-8,11-12H,9-10H2,1-4H3. The van der Waals surface area contributed by atoms with Crippen molar-refractivity contribution in [1.82, 2.24) is 19.7 Å². The van der Waals surface area contributed by atoms with E-state index in [1.807, 2.05) is 38.1 Å². The van der Waals surface area contributed by atoms with Gasteiger partial charge >= 0.3 is 0 Å². The SMILES string of the molecule is CC(C)Cc1nc(CSc2nc3ccccc3c(=O)n2C(C)C)no1. The molecule has 0 N–H and O–H groups in total. The molecule has 3 aromatic rings. The van der Waals surface area contributed by atoms with Gasteiger partial charge in [0.05, 0.1) is 16.7 Å². The Kier molecular flexibility index (Phi) is 5.22. The first-order valence-electron chi connectivity index (χ1n) is 8.41. The summed E-state index contributed by atoms with van der Waals surface area (Å²) in [5.74, 6) is 2.25. The van der Waals surface area contributed by atoms with Crippen LogP contribution in [0.3, 0.4) is 0 Å². The second kappa shape index (κ2) is 7.39. The van der Waals surface area contributed by atoms with Crippen LogP contribution >= 0.6 is 11.8 Å². The van der Waals surface area contributed by atoms with Gasteiger partial charge in [-0.1, -0.05) is 42.9 Å². The number of hydrogen-bond donors (Lipinski definition) is 0. The van der Waals surface area contributed by atoms with Crippen molar-refractivity contribution in [1.29, 1.82) is 0 Å². The van der Waals surface area contributed by atoms with E-state index < -0.39 is 0 Å². The summed E-state index contributed by atoms with van der Waals surface area (Å²) in [6.45, 7) is 8.19. The molecule has 0 unspecified atom stereocenters. The molecule has 0 aliphatic heterocycles. The molecule has 0 atom stereocenters. The van der Waals surface area contributed by atoms with Crippen molar-refractivity contribution in [2.24, 2.45) is 5.92 Å². The van der Waals surface area contributed by atoms with Crippen molar-refractivity contribution in [3.05, 3.63) is 46.3 Å². The van der Waals surface area contributed by atoms with Crippen molar-refractivity contribution in [3.63, 3.8) is 0 Å². The van der Waals surface area contributed by atoms with Crippen LogP contribution in [0.25, 0.3) is 10.9 Å². The van der Waals surface area contributed by atoms with Gasteiger partial charge in [-0.15, -0.1) is 0 Å². The van der Waals surface area contributed by atoms with Crippen LogP contribution in [0.5, 0.6) is 0 Å². The fraction of sp³-hybridized carbons (Fsp3) is 0.444. The van der Waals surface area contributed by atoms with E-state index in [0.29, 0.717) is 39.4 Å². The van der Waals surface area contributed by atoms with E-state index >= 15 is 0 Å². The Hall–Kier alpha value is -2.15. The fourth-order valence-corrected chi connectivity index (χ4v) is 3.56. The first-order chi connectivity index (χ1) is 12.0. The van der Waals surface area contributed by atoms with Crippen molar-refractivity contribution in [2.75, 3.05) is 0 Å². The second-order valence-electron chi connectivity index (χ2n) is 6.67.